The highest BCUT2D eigenvalue weighted by Gasteiger charge is 2.02. The Morgan fingerprint density at radius 2 is 2.33 bits per heavy atom. The van der Waals surface area contributed by atoms with Crippen LogP contribution in [0.5, 0.6) is 0 Å². The number of nitrogens with zero attached hydrogens (tertiary/aromatic N) is 1. The van der Waals surface area contributed by atoms with Crippen LogP contribution >= 0.6 is 11.3 Å². The van der Waals surface area contributed by atoms with Crippen molar-refractivity contribution < 1.29 is 9.53 Å². The molecule has 0 unspecified atom stereocenters. The summed E-state index contributed by atoms with van der Waals surface area (Å²) in [5, 5.41) is 2.89. The van der Waals surface area contributed by atoms with Gasteiger partial charge in [0.1, 0.15) is 11.6 Å². The van der Waals surface area contributed by atoms with Crippen LogP contribution in [0.4, 0.5) is 0 Å². The van der Waals surface area contributed by atoms with Gasteiger partial charge in [-0.05, 0) is 12.8 Å². The Hall–Kier alpha value is -0.900. The highest BCUT2D eigenvalue weighted by atomic mass is 32.1. The maximum Gasteiger partial charge on any atom is 0.417 e. The average molecular weight is 226 g/mol. The van der Waals surface area contributed by atoms with E-state index in [-0.39, 0.29) is 6.61 Å². The molecule has 0 N–H and O–H groups in total. The van der Waals surface area contributed by atoms with Crippen molar-refractivity contribution in [3.8, 4) is 0 Å². The van der Waals surface area contributed by atoms with Gasteiger partial charge in [-0.2, -0.15) is 0 Å². The van der Waals surface area contributed by atoms with Crippen molar-refractivity contribution >= 4 is 17.8 Å². The molecule has 0 saturated carbocycles. The zero-order chi connectivity index (χ0) is 10.9. The van der Waals surface area contributed by atoms with Crippen LogP contribution in [-0.2, 0) is 22.6 Å². The molecule has 0 fully saturated rings. The molecule has 1 radical (unpaired) electrons. The van der Waals surface area contributed by atoms with Crippen molar-refractivity contribution in [2.75, 3.05) is 0 Å². The van der Waals surface area contributed by atoms with Gasteiger partial charge in [0.15, 0.2) is 0 Å². The van der Waals surface area contributed by atoms with Crippen molar-refractivity contribution in [3.05, 3.63) is 16.1 Å². The number of rotatable bonds is 8. The van der Waals surface area contributed by atoms with E-state index >= 15 is 0 Å². The second kappa shape index (κ2) is 7.40. The summed E-state index contributed by atoms with van der Waals surface area (Å²) in [5.74, 6) is 0. The predicted molar refractivity (Wildman–Crippen MR) is 60.4 cm³/mol. The number of carbonyl (C=O) groups excluding carboxylic acids is 1. The molecule has 1 aromatic heterocycles. The Balaban J connectivity index is 2.23. The third-order valence-corrected chi connectivity index (χ3v) is 3.01. The van der Waals surface area contributed by atoms with E-state index in [4.69, 9.17) is 0 Å². The van der Waals surface area contributed by atoms with Gasteiger partial charge in [0, 0.05) is 5.38 Å². The van der Waals surface area contributed by atoms with E-state index in [1.54, 1.807) is 0 Å². The molecule has 0 bridgehead atoms. The molecule has 0 aliphatic rings. The molecule has 0 saturated heterocycles. The van der Waals surface area contributed by atoms with Crippen LogP contribution < -0.4 is 0 Å². The van der Waals surface area contributed by atoms with E-state index in [0.717, 1.165) is 17.1 Å². The number of aromatic nitrogens is 1. The van der Waals surface area contributed by atoms with Gasteiger partial charge in [-0.15, -0.1) is 11.3 Å². The molecule has 0 amide bonds. The molecule has 15 heavy (non-hydrogen) atoms. The second-order valence-corrected chi connectivity index (χ2v) is 4.36. The zero-order valence-electron chi connectivity index (χ0n) is 8.99. The van der Waals surface area contributed by atoms with Crippen LogP contribution in [0.3, 0.4) is 0 Å². The molecular weight excluding hydrogens is 210 g/mol. The molecule has 1 heterocycles. The van der Waals surface area contributed by atoms with Crippen molar-refractivity contribution in [3.63, 3.8) is 0 Å². The van der Waals surface area contributed by atoms with Gasteiger partial charge in [0.25, 0.3) is 0 Å². The Labute approximate surface area is 94.5 Å². The first-order valence-corrected chi connectivity index (χ1v) is 6.17. The van der Waals surface area contributed by atoms with E-state index in [1.807, 2.05) is 5.38 Å². The largest absolute Gasteiger partial charge is 0.450 e. The number of aryl methyl sites for hydroxylation is 1. The number of ether oxygens (including phenoxy) is 1. The Kier molecular flexibility index (Phi) is 6.00. The van der Waals surface area contributed by atoms with E-state index in [0.29, 0.717) is 0 Å². The second-order valence-electron chi connectivity index (χ2n) is 3.42. The molecular formula is C11H16NO2S. The highest BCUT2D eigenvalue weighted by Crippen LogP contribution is 2.13. The van der Waals surface area contributed by atoms with Crippen molar-refractivity contribution in [2.24, 2.45) is 0 Å². The average Bonchev–Trinajstić information content (AvgIpc) is 2.69. The van der Waals surface area contributed by atoms with Crippen molar-refractivity contribution in [1.82, 2.24) is 4.98 Å². The van der Waals surface area contributed by atoms with Crippen LogP contribution in [0, 0.1) is 0 Å². The lowest BCUT2D eigenvalue weighted by Gasteiger charge is -1.96. The minimum atomic E-state index is 0.253. The lowest BCUT2D eigenvalue weighted by Crippen LogP contribution is -1.91. The number of hydrogen-bond donors (Lipinski definition) is 0. The minimum absolute atomic E-state index is 0.253. The summed E-state index contributed by atoms with van der Waals surface area (Å²) in [6.07, 6.45) is 6.03. The lowest BCUT2D eigenvalue weighted by molar-refractivity contribution is 0.266. The first-order valence-electron chi connectivity index (χ1n) is 5.29. The minimum Gasteiger partial charge on any atom is -0.450 e. The van der Waals surface area contributed by atoms with Crippen LogP contribution in [0.1, 0.15) is 43.3 Å². The summed E-state index contributed by atoms with van der Waals surface area (Å²) in [7, 11) is 0. The van der Waals surface area contributed by atoms with Crippen LogP contribution in [-0.4, -0.2) is 11.5 Å². The fraction of sp³-hybridized carbons (Fsp3) is 0.636. The third kappa shape index (κ3) is 4.93. The van der Waals surface area contributed by atoms with Gasteiger partial charge in [0.2, 0.25) is 0 Å². The van der Waals surface area contributed by atoms with Crippen LogP contribution in [0.15, 0.2) is 5.38 Å². The van der Waals surface area contributed by atoms with Crippen molar-refractivity contribution in [2.45, 2.75) is 45.6 Å². The first kappa shape index (κ1) is 12.2. The molecule has 1 aromatic rings. The van der Waals surface area contributed by atoms with Gasteiger partial charge in [-0.1, -0.05) is 26.2 Å². The third-order valence-electron chi connectivity index (χ3n) is 2.14. The van der Waals surface area contributed by atoms with Gasteiger partial charge >= 0.3 is 6.47 Å². The maximum atomic E-state index is 9.86. The van der Waals surface area contributed by atoms with Gasteiger partial charge in [-0.3, -0.25) is 0 Å². The lowest BCUT2D eigenvalue weighted by atomic mass is 10.1. The van der Waals surface area contributed by atoms with E-state index in [9.17, 15) is 4.79 Å². The Bertz CT molecular complexity index is 286. The standard InChI is InChI=1S/C11H16NO2S/c1-2-3-4-5-6-10-8-15-11(12-10)7-14-9-13/h8H,2-7H2,1H3. The molecule has 1 rings (SSSR count). The Morgan fingerprint density at radius 1 is 1.47 bits per heavy atom. The SMILES string of the molecule is CCCCCCc1csc(CO[C]=O)n1. The number of thiazole rings is 1. The summed E-state index contributed by atoms with van der Waals surface area (Å²) in [4.78, 5) is 14.2. The molecule has 0 aliphatic carbocycles. The highest BCUT2D eigenvalue weighted by molar-refractivity contribution is 7.09. The first-order chi connectivity index (χ1) is 7.36. The summed E-state index contributed by atoms with van der Waals surface area (Å²) >= 11 is 1.54. The van der Waals surface area contributed by atoms with Crippen molar-refractivity contribution in [1.29, 1.82) is 0 Å². The van der Waals surface area contributed by atoms with E-state index < -0.39 is 0 Å². The van der Waals surface area contributed by atoms with Gasteiger partial charge in [0.05, 0.1) is 5.69 Å². The maximum absolute atomic E-state index is 9.86. The molecule has 0 atom stereocenters. The van der Waals surface area contributed by atoms with E-state index in [2.05, 4.69) is 16.6 Å². The molecule has 0 aliphatic heterocycles. The molecule has 0 aromatic carbocycles. The summed E-state index contributed by atoms with van der Waals surface area (Å²) in [5.41, 5.74) is 1.11. The molecule has 3 nitrogen and oxygen atoms in total. The van der Waals surface area contributed by atoms with Gasteiger partial charge in [-0.25, -0.2) is 9.78 Å². The quantitative estimate of drug-likeness (QED) is 0.640. The fourth-order valence-electron chi connectivity index (χ4n) is 1.35. The molecule has 83 valence electrons. The zero-order valence-corrected chi connectivity index (χ0v) is 9.81. The number of hydrogen-bond acceptors (Lipinski definition) is 4. The summed E-state index contributed by atoms with van der Waals surface area (Å²) < 4.78 is 4.52. The monoisotopic (exact) mass is 226 g/mol. The smallest absolute Gasteiger partial charge is 0.417 e. The fourth-order valence-corrected chi connectivity index (χ4v) is 2.09. The number of unbranched alkanes of at least 4 members (excludes halogenated alkanes) is 3. The summed E-state index contributed by atoms with van der Waals surface area (Å²) in [6, 6.07) is 0. The Morgan fingerprint density at radius 3 is 3.07 bits per heavy atom. The topological polar surface area (TPSA) is 39.2 Å². The molecule has 4 heteroatoms. The predicted octanol–water partition coefficient (Wildman–Crippen LogP) is 2.85. The van der Waals surface area contributed by atoms with Gasteiger partial charge < -0.3 is 4.74 Å². The normalized spacial score (nSPS) is 10.2. The summed E-state index contributed by atoms with van der Waals surface area (Å²) in [6.45, 7) is 3.86. The van der Waals surface area contributed by atoms with Crippen LogP contribution in [0.25, 0.3) is 0 Å². The van der Waals surface area contributed by atoms with E-state index in [1.165, 1.54) is 43.5 Å². The molecule has 0 spiro atoms. The van der Waals surface area contributed by atoms with Crippen LogP contribution in [0.2, 0.25) is 0 Å².